The average Bonchev–Trinajstić information content (AvgIpc) is 2.63. The molecule has 2 saturated carbocycles. The highest BCUT2D eigenvalue weighted by molar-refractivity contribution is 5.10. The van der Waals surface area contributed by atoms with Crippen molar-refractivity contribution in [1.82, 2.24) is 5.32 Å². The van der Waals surface area contributed by atoms with Gasteiger partial charge < -0.3 is 5.32 Å². The van der Waals surface area contributed by atoms with E-state index in [4.69, 9.17) is 0 Å². The molecule has 0 amide bonds. The van der Waals surface area contributed by atoms with Crippen LogP contribution in [0.15, 0.2) is 0 Å². The maximum atomic E-state index is 3.41. The molecule has 8 heavy (non-hydrogen) atoms. The molecular weight excluding hydrogens is 98.1 g/mol. The second kappa shape index (κ2) is 1.27. The molecule has 1 nitrogen and oxygen atoms in total. The van der Waals surface area contributed by atoms with Gasteiger partial charge in [-0.3, -0.25) is 0 Å². The highest BCUT2D eigenvalue weighted by Gasteiger charge is 2.52. The summed E-state index contributed by atoms with van der Waals surface area (Å²) in [4.78, 5) is 0. The number of nitrogens with one attached hydrogen (secondary N) is 1. The van der Waals surface area contributed by atoms with Crippen molar-refractivity contribution in [3.63, 3.8) is 0 Å². The predicted molar refractivity (Wildman–Crippen MR) is 33.7 cm³/mol. The van der Waals surface area contributed by atoms with Crippen LogP contribution in [0, 0.1) is 5.92 Å². The van der Waals surface area contributed by atoms with Gasteiger partial charge in [-0.25, -0.2) is 0 Å². The van der Waals surface area contributed by atoms with Crippen molar-refractivity contribution in [3.8, 4) is 0 Å². The van der Waals surface area contributed by atoms with Gasteiger partial charge in [0.05, 0.1) is 0 Å². The molecule has 2 fully saturated rings. The first kappa shape index (κ1) is 4.80. The van der Waals surface area contributed by atoms with Crippen molar-refractivity contribution in [2.24, 2.45) is 5.92 Å². The summed E-state index contributed by atoms with van der Waals surface area (Å²) < 4.78 is 0. The van der Waals surface area contributed by atoms with E-state index in [0.717, 1.165) is 5.92 Å². The van der Waals surface area contributed by atoms with Gasteiger partial charge in [-0.2, -0.15) is 0 Å². The summed E-state index contributed by atoms with van der Waals surface area (Å²) in [5, 5.41) is 3.41. The third-order valence-corrected chi connectivity index (χ3v) is 2.65. The standard InChI is InChI=1S/C7H13N/c1-8-7(4-5-7)6-2-3-6/h6,8H,2-5H2,1H3. The lowest BCUT2D eigenvalue weighted by Gasteiger charge is -2.10. The van der Waals surface area contributed by atoms with Crippen molar-refractivity contribution in [3.05, 3.63) is 0 Å². The maximum Gasteiger partial charge on any atom is 0.0208 e. The molecule has 0 atom stereocenters. The SMILES string of the molecule is CNC1(C2CC2)CC1. The predicted octanol–water partition coefficient (Wildman–Crippen LogP) is 1.15. The fourth-order valence-electron chi connectivity index (χ4n) is 1.63. The van der Waals surface area contributed by atoms with Crippen LogP contribution in [0.2, 0.25) is 0 Å². The van der Waals surface area contributed by atoms with Crippen molar-refractivity contribution in [2.75, 3.05) is 7.05 Å². The van der Waals surface area contributed by atoms with Crippen LogP contribution in [0.5, 0.6) is 0 Å². The van der Waals surface area contributed by atoms with E-state index in [1.54, 1.807) is 0 Å². The zero-order chi connectivity index (χ0) is 5.61. The summed E-state index contributed by atoms with van der Waals surface area (Å²) >= 11 is 0. The summed E-state index contributed by atoms with van der Waals surface area (Å²) in [5.41, 5.74) is 0.653. The third-order valence-electron chi connectivity index (χ3n) is 2.65. The lowest BCUT2D eigenvalue weighted by molar-refractivity contribution is 0.487. The van der Waals surface area contributed by atoms with Crippen molar-refractivity contribution in [2.45, 2.75) is 31.2 Å². The molecule has 0 spiro atoms. The lowest BCUT2D eigenvalue weighted by Crippen LogP contribution is -2.29. The molecule has 0 aromatic carbocycles. The molecule has 46 valence electrons. The number of rotatable bonds is 2. The van der Waals surface area contributed by atoms with E-state index in [1.165, 1.54) is 25.7 Å². The van der Waals surface area contributed by atoms with E-state index in [1.807, 2.05) is 0 Å². The van der Waals surface area contributed by atoms with Crippen LogP contribution < -0.4 is 5.32 Å². The van der Waals surface area contributed by atoms with Gasteiger partial charge in [0.25, 0.3) is 0 Å². The van der Waals surface area contributed by atoms with Gasteiger partial charge in [0, 0.05) is 5.54 Å². The van der Waals surface area contributed by atoms with Crippen LogP contribution in [0.1, 0.15) is 25.7 Å². The molecule has 0 aromatic heterocycles. The molecule has 2 rings (SSSR count). The second-order valence-electron chi connectivity index (χ2n) is 3.18. The highest BCUT2D eigenvalue weighted by Crippen LogP contribution is 2.53. The van der Waals surface area contributed by atoms with E-state index in [0.29, 0.717) is 5.54 Å². The fraction of sp³-hybridized carbons (Fsp3) is 1.00. The Morgan fingerprint density at radius 1 is 1.38 bits per heavy atom. The van der Waals surface area contributed by atoms with Crippen molar-refractivity contribution < 1.29 is 0 Å². The Morgan fingerprint density at radius 2 is 2.00 bits per heavy atom. The smallest absolute Gasteiger partial charge is 0.0208 e. The van der Waals surface area contributed by atoms with Gasteiger partial charge in [-0.15, -0.1) is 0 Å². The van der Waals surface area contributed by atoms with E-state index in [-0.39, 0.29) is 0 Å². The normalized spacial score (nSPS) is 32.6. The van der Waals surface area contributed by atoms with Crippen LogP contribution in [0.3, 0.4) is 0 Å². The first-order valence-electron chi connectivity index (χ1n) is 3.56. The van der Waals surface area contributed by atoms with Gasteiger partial charge in [-0.1, -0.05) is 0 Å². The van der Waals surface area contributed by atoms with Gasteiger partial charge in [0.1, 0.15) is 0 Å². The molecule has 0 heterocycles. The van der Waals surface area contributed by atoms with Gasteiger partial charge >= 0.3 is 0 Å². The summed E-state index contributed by atoms with van der Waals surface area (Å²) in [6.45, 7) is 0. The lowest BCUT2D eigenvalue weighted by atomic mass is 10.2. The van der Waals surface area contributed by atoms with Crippen LogP contribution in [-0.2, 0) is 0 Å². The Kier molecular flexibility index (Phi) is 0.762. The number of hydrogen-bond acceptors (Lipinski definition) is 1. The topological polar surface area (TPSA) is 12.0 Å². The monoisotopic (exact) mass is 111 g/mol. The van der Waals surface area contributed by atoms with Gasteiger partial charge in [0.15, 0.2) is 0 Å². The van der Waals surface area contributed by atoms with Crippen LogP contribution in [-0.4, -0.2) is 12.6 Å². The number of hydrogen-bond donors (Lipinski definition) is 1. The first-order chi connectivity index (χ1) is 3.87. The fourth-order valence-corrected chi connectivity index (χ4v) is 1.63. The molecule has 2 aliphatic rings. The molecule has 0 unspecified atom stereocenters. The third kappa shape index (κ3) is 0.510. The van der Waals surface area contributed by atoms with Crippen molar-refractivity contribution in [1.29, 1.82) is 0 Å². The molecule has 0 radical (unpaired) electrons. The average molecular weight is 111 g/mol. The summed E-state index contributed by atoms with van der Waals surface area (Å²) in [6, 6.07) is 0. The largest absolute Gasteiger partial charge is 0.314 e. The summed E-state index contributed by atoms with van der Waals surface area (Å²) in [6.07, 6.45) is 5.85. The summed E-state index contributed by atoms with van der Waals surface area (Å²) in [5.74, 6) is 1.06. The molecule has 0 saturated heterocycles. The quantitative estimate of drug-likeness (QED) is 0.563. The second-order valence-corrected chi connectivity index (χ2v) is 3.18. The van der Waals surface area contributed by atoms with Crippen molar-refractivity contribution >= 4 is 0 Å². The molecule has 1 N–H and O–H groups in total. The van der Waals surface area contributed by atoms with Crippen LogP contribution >= 0.6 is 0 Å². The maximum absolute atomic E-state index is 3.41. The van der Waals surface area contributed by atoms with Gasteiger partial charge in [-0.05, 0) is 38.6 Å². The molecule has 0 bridgehead atoms. The van der Waals surface area contributed by atoms with Crippen LogP contribution in [0.4, 0.5) is 0 Å². The Hall–Kier alpha value is -0.0400. The van der Waals surface area contributed by atoms with E-state index < -0.39 is 0 Å². The minimum atomic E-state index is 0.653. The minimum absolute atomic E-state index is 0.653. The van der Waals surface area contributed by atoms with E-state index in [9.17, 15) is 0 Å². The Balaban J connectivity index is 1.99. The molecule has 2 aliphatic carbocycles. The first-order valence-corrected chi connectivity index (χ1v) is 3.56. The van der Waals surface area contributed by atoms with E-state index >= 15 is 0 Å². The zero-order valence-electron chi connectivity index (χ0n) is 5.41. The van der Waals surface area contributed by atoms with E-state index in [2.05, 4.69) is 12.4 Å². The molecular formula is C7H13N. The summed E-state index contributed by atoms with van der Waals surface area (Å²) in [7, 11) is 2.10. The molecule has 0 aliphatic heterocycles. The van der Waals surface area contributed by atoms with Gasteiger partial charge in [0.2, 0.25) is 0 Å². The molecule has 1 heteroatoms. The Labute approximate surface area is 50.5 Å². The van der Waals surface area contributed by atoms with Crippen LogP contribution in [0.25, 0.3) is 0 Å². The Bertz CT molecular complexity index is 101. The zero-order valence-corrected chi connectivity index (χ0v) is 5.41. The Morgan fingerprint density at radius 3 is 2.12 bits per heavy atom. The minimum Gasteiger partial charge on any atom is -0.314 e. The highest BCUT2D eigenvalue weighted by atomic mass is 15.0. The molecule has 0 aromatic rings.